The molecular weight excluding hydrogens is 268 g/mol. The molecular formula is C14H18N6O. The van der Waals surface area contributed by atoms with Crippen LogP contribution in [-0.4, -0.2) is 31.7 Å². The molecule has 3 heterocycles. The van der Waals surface area contributed by atoms with Crippen molar-refractivity contribution in [3.63, 3.8) is 0 Å². The van der Waals surface area contributed by atoms with E-state index in [0.29, 0.717) is 0 Å². The van der Waals surface area contributed by atoms with Crippen molar-refractivity contribution in [3.8, 4) is 11.5 Å². The number of H-pyrrole nitrogens is 1. The van der Waals surface area contributed by atoms with E-state index < -0.39 is 0 Å². The van der Waals surface area contributed by atoms with E-state index in [1.807, 2.05) is 36.1 Å². The third-order valence-electron chi connectivity index (χ3n) is 3.23. The Hall–Kier alpha value is -2.41. The van der Waals surface area contributed by atoms with Gasteiger partial charge in [0.05, 0.1) is 12.4 Å². The minimum absolute atomic E-state index is 0.753. The number of aryl methyl sites for hydroxylation is 2. The predicted octanol–water partition coefficient (Wildman–Crippen LogP) is 1.75. The van der Waals surface area contributed by atoms with Crippen LogP contribution in [0.25, 0.3) is 11.5 Å². The molecule has 7 nitrogen and oxygen atoms in total. The number of nitrogens with zero attached hydrogens (tertiary/aromatic N) is 4. The Morgan fingerprint density at radius 1 is 1.38 bits per heavy atom. The molecule has 0 atom stereocenters. The van der Waals surface area contributed by atoms with E-state index >= 15 is 0 Å². The molecule has 7 heteroatoms. The SMILES string of the molecule is Cc1ccc(-c2[nH]ncc2CNCCCn2ccnn2)o1. The zero-order valence-electron chi connectivity index (χ0n) is 11.9. The van der Waals surface area contributed by atoms with Gasteiger partial charge in [0.2, 0.25) is 0 Å². The highest BCUT2D eigenvalue weighted by atomic mass is 16.3. The van der Waals surface area contributed by atoms with E-state index in [2.05, 4.69) is 25.8 Å². The van der Waals surface area contributed by atoms with Gasteiger partial charge in [0, 0.05) is 24.8 Å². The molecule has 0 aliphatic heterocycles. The average Bonchev–Trinajstić information content (AvgIpc) is 3.19. The molecule has 0 aliphatic rings. The van der Waals surface area contributed by atoms with E-state index in [1.165, 1.54) is 0 Å². The highest BCUT2D eigenvalue weighted by Gasteiger charge is 2.10. The second-order valence-corrected chi connectivity index (χ2v) is 4.88. The first kappa shape index (κ1) is 13.6. The van der Waals surface area contributed by atoms with Crippen molar-refractivity contribution in [2.24, 2.45) is 0 Å². The van der Waals surface area contributed by atoms with E-state index in [0.717, 1.165) is 48.8 Å². The number of aromatic nitrogens is 5. The predicted molar refractivity (Wildman–Crippen MR) is 77.4 cm³/mol. The molecule has 3 aromatic heterocycles. The first-order valence-corrected chi connectivity index (χ1v) is 6.97. The molecule has 3 rings (SSSR count). The van der Waals surface area contributed by atoms with Crippen LogP contribution in [0.1, 0.15) is 17.7 Å². The van der Waals surface area contributed by atoms with Crippen molar-refractivity contribution >= 4 is 0 Å². The van der Waals surface area contributed by atoms with E-state index in [-0.39, 0.29) is 0 Å². The summed E-state index contributed by atoms with van der Waals surface area (Å²) in [4.78, 5) is 0. The monoisotopic (exact) mass is 286 g/mol. The summed E-state index contributed by atoms with van der Waals surface area (Å²) in [5.41, 5.74) is 2.04. The van der Waals surface area contributed by atoms with Crippen LogP contribution in [0.4, 0.5) is 0 Å². The topological polar surface area (TPSA) is 84.6 Å². The third-order valence-corrected chi connectivity index (χ3v) is 3.23. The van der Waals surface area contributed by atoms with Crippen LogP contribution >= 0.6 is 0 Å². The van der Waals surface area contributed by atoms with Crippen LogP contribution in [0.5, 0.6) is 0 Å². The van der Waals surface area contributed by atoms with E-state index in [9.17, 15) is 0 Å². The molecule has 21 heavy (non-hydrogen) atoms. The molecule has 0 aromatic carbocycles. The molecule has 0 saturated carbocycles. The molecule has 0 unspecified atom stereocenters. The van der Waals surface area contributed by atoms with Gasteiger partial charge in [-0.05, 0) is 32.0 Å². The summed E-state index contributed by atoms with van der Waals surface area (Å²) in [6.07, 6.45) is 6.39. The van der Waals surface area contributed by atoms with Gasteiger partial charge in [0.1, 0.15) is 11.5 Å². The Labute approximate surface area is 122 Å². The lowest BCUT2D eigenvalue weighted by Gasteiger charge is -2.04. The van der Waals surface area contributed by atoms with Crippen LogP contribution in [0.15, 0.2) is 35.1 Å². The standard InChI is InChI=1S/C14H18N6O/c1-11-3-4-13(21-11)14-12(10-17-18-14)9-15-5-2-7-20-8-6-16-19-20/h3-4,6,8,10,15H,2,5,7,9H2,1H3,(H,17,18). The summed E-state index contributed by atoms with van der Waals surface area (Å²) in [6.45, 7) is 4.45. The minimum Gasteiger partial charge on any atom is -0.460 e. The smallest absolute Gasteiger partial charge is 0.152 e. The fourth-order valence-corrected chi connectivity index (χ4v) is 2.17. The number of nitrogens with one attached hydrogen (secondary N) is 2. The summed E-state index contributed by atoms with van der Waals surface area (Å²) < 4.78 is 7.46. The average molecular weight is 286 g/mol. The lowest BCUT2D eigenvalue weighted by atomic mass is 10.2. The number of rotatable bonds is 7. The first-order chi connectivity index (χ1) is 10.3. The van der Waals surface area contributed by atoms with Crippen LogP contribution in [0.2, 0.25) is 0 Å². The molecule has 110 valence electrons. The number of aromatic amines is 1. The van der Waals surface area contributed by atoms with Gasteiger partial charge in [-0.1, -0.05) is 5.21 Å². The molecule has 0 amide bonds. The van der Waals surface area contributed by atoms with Crippen molar-refractivity contribution in [3.05, 3.63) is 42.0 Å². The highest BCUT2D eigenvalue weighted by molar-refractivity contribution is 5.56. The summed E-state index contributed by atoms with van der Waals surface area (Å²) in [7, 11) is 0. The van der Waals surface area contributed by atoms with Gasteiger partial charge >= 0.3 is 0 Å². The summed E-state index contributed by atoms with van der Waals surface area (Å²) in [5, 5.41) is 18.2. The first-order valence-electron chi connectivity index (χ1n) is 6.97. The van der Waals surface area contributed by atoms with Gasteiger partial charge < -0.3 is 9.73 Å². The second kappa shape index (κ2) is 6.36. The van der Waals surface area contributed by atoms with Gasteiger partial charge in [0.15, 0.2) is 5.76 Å². The molecule has 0 aliphatic carbocycles. The van der Waals surface area contributed by atoms with Gasteiger partial charge in [0.25, 0.3) is 0 Å². The summed E-state index contributed by atoms with van der Waals surface area (Å²) >= 11 is 0. The van der Waals surface area contributed by atoms with E-state index in [4.69, 9.17) is 4.42 Å². The lowest BCUT2D eigenvalue weighted by molar-refractivity contribution is 0.528. The number of hydrogen-bond acceptors (Lipinski definition) is 5. The maximum absolute atomic E-state index is 5.63. The van der Waals surface area contributed by atoms with Crippen molar-refractivity contribution in [1.82, 2.24) is 30.5 Å². The third kappa shape index (κ3) is 3.38. The largest absolute Gasteiger partial charge is 0.460 e. The number of furan rings is 1. The molecule has 3 aromatic rings. The fraction of sp³-hybridized carbons (Fsp3) is 0.357. The summed E-state index contributed by atoms with van der Waals surface area (Å²) in [6, 6.07) is 3.91. The van der Waals surface area contributed by atoms with Crippen molar-refractivity contribution in [2.45, 2.75) is 26.4 Å². The summed E-state index contributed by atoms with van der Waals surface area (Å²) in [5.74, 6) is 1.72. The molecule has 0 radical (unpaired) electrons. The van der Waals surface area contributed by atoms with E-state index in [1.54, 1.807) is 6.20 Å². The van der Waals surface area contributed by atoms with Gasteiger partial charge in [-0.3, -0.25) is 9.78 Å². The van der Waals surface area contributed by atoms with Crippen molar-refractivity contribution in [2.75, 3.05) is 6.54 Å². The Morgan fingerprint density at radius 3 is 3.10 bits per heavy atom. The molecule has 0 fully saturated rings. The zero-order valence-corrected chi connectivity index (χ0v) is 11.9. The molecule has 0 spiro atoms. The van der Waals surface area contributed by atoms with Gasteiger partial charge in [-0.15, -0.1) is 5.10 Å². The van der Waals surface area contributed by atoms with Gasteiger partial charge in [-0.2, -0.15) is 5.10 Å². The quantitative estimate of drug-likeness (QED) is 0.646. The maximum atomic E-state index is 5.63. The van der Waals surface area contributed by atoms with Crippen LogP contribution in [0.3, 0.4) is 0 Å². The minimum atomic E-state index is 0.753. The molecule has 0 bridgehead atoms. The van der Waals surface area contributed by atoms with Crippen LogP contribution < -0.4 is 5.32 Å². The van der Waals surface area contributed by atoms with Crippen LogP contribution in [-0.2, 0) is 13.1 Å². The second-order valence-electron chi connectivity index (χ2n) is 4.88. The van der Waals surface area contributed by atoms with Crippen molar-refractivity contribution < 1.29 is 4.42 Å². The fourth-order valence-electron chi connectivity index (χ4n) is 2.17. The molecule has 2 N–H and O–H groups in total. The van der Waals surface area contributed by atoms with Gasteiger partial charge in [-0.25, -0.2) is 0 Å². The Bertz CT molecular complexity index is 669. The van der Waals surface area contributed by atoms with Crippen molar-refractivity contribution in [1.29, 1.82) is 0 Å². The molecule has 0 saturated heterocycles. The number of hydrogen-bond donors (Lipinski definition) is 2. The maximum Gasteiger partial charge on any atom is 0.152 e. The lowest BCUT2D eigenvalue weighted by Crippen LogP contribution is -2.16. The Balaban J connectivity index is 1.49. The Kier molecular flexibility index (Phi) is 4.11. The zero-order chi connectivity index (χ0) is 14.5. The highest BCUT2D eigenvalue weighted by Crippen LogP contribution is 2.23. The van der Waals surface area contributed by atoms with Crippen LogP contribution in [0, 0.1) is 6.92 Å². The normalized spacial score (nSPS) is 11.1. The Morgan fingerprint density at radius 2 is 2.33 bits per heavy atom.